The summed E-state index contributed by atoms with van der Waals surface area (Å²) in [6, 6.07) is 10.0. The molecule has 7 heteroatoms. The van der Waals surface area contributed by atoms with E-state index in [9.17, 15) is 13.6 Å². The molecule has 1 heterocycles. The van der Waals surface area contributed by atoms with Gasteiger partial charge in [-0.3, -0.25) is 5.32 Å². The quantitative estimate of drug-likeness (QED) is 0.691. The normalized spacial score (nSPS) is 11.3. The van der Waals surface area contributed by atoms with Crippen molar-refractivity contribution in [2.24, 2.45) is 0 Å². The van der Waals surface area contributed by atoms with Crippen molar-refractivity contribution in [1.29, 1.82) is 0 Å². The van der Waals surface area contributed by atoms with Crippen molar-refractivity contribution in [2.75, 3.05) is 5.32 Å². The van der Waals surface area contributed by atoms with Gasteiger partial charge in [0, 0.05) is 17.4 Å². The maximum atomic E-state index is 14.0. The zero-order chi connectivity index (χ0) is 19.6. The maximum Gasteiger partial charge on any atom is 0.412 e. The molecular formula is C20H19F2N3O2. The van der Waals surface area contributed by atoms with Gasteiger partial charge in [0.1, 0.15) is 17.2 Å². The Morgan fingerprint density at radius 2 is 1.74 bits per heavy atom. The van der Waals surface area contributed by atoms with Gasteiger partial charge in [-0.1, -0.05) is 0 Å². The lowest BCUT2D eigenvalue weighted by atomic mass is 10.1. The molecule has 0 aliphatic carbocycles. The number of nitrogens with zero attached hydrogens (tertiary/aromatic N) is 2. The summed E-state index contributed by atoms with van der Waals surface area (Å²) in [5.41, 5.74) is 1.47. The van der Waals surface area contributed by atoms with Gasteiger partial charge in [-0.05, 0) is 68.8 Å². The molecule has 0 aliphatic heterocycles. The van der Waals surface area contributed by atoms with Crippen LogP contribution in [0.15, 0.2) is 54.9 Å². The van der Waals surface area contributed by atoms with Crippen LogP contribution >= 0.6 is 0 Å². The third kappa shape index (κ3) is 4.91. The summed E-state index contributed by atoms with van der Waals surface area (Å²) in [5.74, 6) is -0.845. The van der Waals surface area contributed by atoms with E-state index in [1.54, 1.807) is 56.0 Å². The number of anilines is 1. The maximum absolute atomic E-state index is 14.0. The second kappa shape index (κ2) is 7.19. The molecule has 1 amide bonds. The van der Waals surface area contributed by atoms with Crippen molar-refractivity contribution in [1.82, 2.24) is 9.78 Å². The molecule has 0 saturated carbocycles. The Kier molecular flexibility index (Phi) is 4.94. The Hall–Kier alpha value is -3.22. The first kappa shape index (κ1) is 18.6. The number of ether oxygens (including phenoxy) is 1. The molecule has 0 atom stereocenters. The van der Waals surface area contributed by atoms with Crippen LogP contribution in [0.1, 0.15) is 20.8 Å². The first-order valence-corrected chi connectivity index (χ1v) is 8.31. The monoisotopic (exact) mass is 371 g/mol. The van der Waals surface area contributed by atoms with E-state index in [2.05, 4.69) is 10.4 Å². The fourth-order valence-corrected chi connectivity index (χ4v) is 2.46. The molecule has 0 saturated heterocycles. The van der Waals surface area contributed by atoms with Crippen LogP contribution < -0.4 is 5.32 Å². The van der Waals surface area contributed by atoms with Crippen molar-refractivity contribution in [3.8, 4) is 16.8 Å². The van der Waals surface area contributed by atoms with E-state index in [0.29, 0.717) is 16.8 Å². The lowest BCUT2D eigenvalue weighted by Crippen LogP contribution is -2.27. The van der Waals surface area contributed by atoms with Crippen LogP contribution in [-0.2, 0) is 4.74 Å². The van der Waals surface area contributed by atoms with Crippen molar-refractivity contribution >= 4 is 11.8 Å². The Balaban J connectivity index is 1.84. The van der Waals surface area contributed by atoms with Crippen molar-refractivity contribution in [2.45, 2.75) is 26.4 Å². The Bertz CT molecular complexity index is 960. The van der Waals surface area contributed by atoms with Crippen LogP contribution in [0.25, 0.3) is 16.8 Å². The van der Waals surface area contributed by atoms with E-state index >= 15 is 0 Å². The molecule has 0 aliphatic rings. The molecule has 0 radical (unpaired) electrons. The molecular weight excluding hydrogens is 352 g/mol. The zero-order valence-electron chi connectivity index (χ0n) is 15.2. The SMILES string of the molecule is CC(C)(C)OC(=O)Nc1cc(F)cc(-c2cnn(-c3ccc(F)cc3)c2)c1. The predicted octanol–water partition coefficient (Wildman–Crippen LogP) is 5.16. The number of carbonyl (C=O) groups is 1. The van der Waals surface area contributed by atoms with Gasteiger partial charge < -0.3 is 4.74 Å². The minimum absolute atomic E-state index is 0.272. The Morgan fingerprint density at radius 1 is 1.04 bits per heavy atom. The van der Waals surface area contributed by atoms with E-state index in [1.807, 2.05) is 0 Å². The average Bonchev–Trinajstić information content (AvgIpc) is 3.03. The summed E-state index contributed by atoms with van der Waals surface area (Å²) < 4.78 is 33.8. The summed E-state index contributed by atoms with van der Waals surface area (Å²) in [7, 11) is 0. The van der Waals surface area contributed by atoms with Crippen LogP contribution in [0.5, 0.6) is 0 Å². The number of hydrogen-bond acceptors (Lipinski definition) is 3. The van der Waals surface area contributed by atoms with Crippen LogP contribution in [0.2, 0.25) is 0 Å². The highest BCUT2D eigenvalue weighted by molar-refractivity contribution is 5.86. The lowest BCUT2D eigenvalue weighted by Gasteiger charge is -2.19. The highest BCUT2D eigenvalue weighted by atomic mass is 19.1. The van der Waals surface area contributed by atoms with Gasteiger partial charge in [-0.2, -0.15) is 5.10 Å². The second-order valence-corrected chi connectivity index (χ2v) is 7.01. The molecule has 3 rings (SSSR count). The fraction of sp³-hybridized carbons (Fsp3) is 0.200. The van der Waals surface area contributed by atoms with Crippen LogP contribution in [0, 0.1) is 11.6 Å². The van der Waals surface area contributed by atoms with E-state index in [4.69, 9.17) is 4.74 Å². The summed E-state index contributed by atoms with van der Waals surface area (Å²) in [5, 5.41) is 6.75. The van der Waals surface area contributed by atoms with Gasteiger partial charge in [0.15, 0.2) is 0 Å². The van der Waals surface area contributed by atoms with Gasteiger partial charge in [-0.25, -0.2) is 18.3 Å². The molecule has 3 aromatic rings. The molecule has 2 aromatic carbocycles. The van der Waals surface area contributed by atoms with Gasteiger partial charge in [0.25, 0.3) is 0 Å². The van der Waals surface area contributed by atoms with E-state index in [1.165, 1.54) is 24.3 Å². The standard InChI is InChI=1S/C20H19F2N3O2/c1-20(2,3)27-19(26)24-17-9-13(8-16(22)10-17)14-11-23-25(12-14)18-6-4-15(21)5-7-18/h4-12H,1-3H3,(H,24,26). The molecule has 1 aromatic heterocycles. The minimum Gasteiger partial charge on any atom is -0.444 e. The van der Waals surface area contributed by atoms with Crippen LogP contribution in [-0.4, -0.2) is 21.5 Å². The first-order valence-electron chi connectivity index (χ1n) is 8.31. The minimum atomic E-state index is -0.666. The number of rotatable bonds is 3. The third-order valence-electron chi connectivity index (χ3n) is 3.55. The smallest absolute Gasteiger partial charge is 0.412 e. The number of benzene rings is 2. The van der Waals surface area contributed by atoms with Gasteiger partial charge >= 0.3 is 6.09 Å². The van der Waals surface area contributed by atoms with Gasteiger partial charge in [0.05, 0.1) is 11.9 Å². The molecule has 0 bridgehead atoms. The number of aromatic nitrogens is 2. The molecule has 140 valence electrons. The molecule has 0 fully saturated rings. The van der Waals surface area contributed by atoms with E-state index < -0.39 is 17.5 Å². The lowest BCUT2D eigenvalue weighted by molar-refractivity contribution is 0.0636. The Labute approximate surface area is 155 Å². The zero-order valence-corrected chi connectivity index (χ0v) is 15.2. The largest absolute Gasteiger partial charge is 0.444 e. The molecule has 0 unspecified atom stereocenters. The first-order chi connectivity index (χ1) is 12.7. The summed E-state index contributed by atoms with van der Waals surface area (Å²) in [6.45, 7) is 5.23. The van der Waals surface area contributed by atoms with Crippen molar-refractivity contribution in [3.05, 3.63) is 66.5 Å². The number of carbonyl (C=O) groups excluding carboxylic acids is 1. The fourth-order valence-electron chi connectivity index (χ4n) is 2.46. The van der Waals surface area contributed by atoms with Gasteiger partial charge in [0.2, 0.25) is 0 Å². The number of hydrogen-bond donors (Lipinski definition) is 1. The average molecular weight is 371 g/mol. The molecule has 0 spiro atoms. The Morgan fingerprint density at radius 3 is 2.41 bits per heavy atom. The highest BCUT2D eigenvalue weighted by Crippen LogP contribution is 2.25. The number of amides is 1. The van der Waals surface area contributed by atoms with Crippen LogP contribution in [0.4, 0.5) is 19.3 Å². The topological polar surface area (TPSA) is 56.1 Å². The summed E-state index contributed by atoms with van der Waals surface area (Å²) in [4.78, 5) is 11.9. The third-order valence-corrected chi connectivity index (χ3v) is 3.55. The van der Waals surface area contributed by atoms with Crippen molar-refractivity contribution in [3.63, 3.8) is 0 Å². The number of halogens is 2. The highest BCUT2D eigenvalue weighted by Gasteiger charge is 2.17. The number of nitrogens with one attached hydrogen (secondary N) is 1. The van der Waals surface area contributed by atoms with E-state index in [0.717, 1.165) is 0 Å². The van der Waals surface area contributed by atoms with Crippen LogP contribution in [0.3, 0.4) is 0 Å². The van der Waals surface area contributed by atoms with E-state index in [-0.39, 0.29) is 11.5 Å². The predicted molar refractivity (Wildman–Crippen MR) is 98.8 cm³/mol. The van der Waals surface area contributed by atoms with Gasteiger partial charge in [-0.15, -0.1) is 0 Å². The molecule has 27 heavy (non-hydrogen) atoms. The molecule has 5 nitrogen and oxygen atoms in total. The summed E-state index contributed by atoms with van der Waals surface area (Å²) in [6.07, 6.45) is 2.59. The molecule has 1 N–H and O–H groups in total. The van der Waals surface area contributed by atoms with Crippen molar-refractivity contribution < 1.29 is 18.3 Å². The second-order valence-electron chi connectivity index (χ2n) is 7.01. The summed E-state index contributed by atoms with van der Waals surface area (Å²) >= 11 is 0.